The average molecular weight is 265 g/mol. The Balaban J connectivity index is 2.33. The molecule has 18 heavy (non-hydrogen) atoms. The second-order valence-corrected chi connectivity index (χ2v) is 6.45. The summed E-state index contributed by atoms with van der Waals surface area (Å²) in [5.74, 6) is 1.99. The summed E-state index contributed by atoms with van der Waals surface area (Å²) in [6.45, 7) is 6.79. The van der Waals surface area contributed by atoms with Crippen molar-refractivity contribution in [3.63, 3.8) is 0 Å². The first-order valence-corrected chi connectivity index (χ1v) is 7.97. The van der Waals surface area contributed by atoms with E-state index in [2.05, 4.69) is 57.4 Å². The molecule has 0 fully saturated rings. The molecule has 0 spiro atoms. The molecule has 1 atom stereocenters. The highest BCUT2D eigenvalue weighted by Gasteiger charge is 2.08. The molecule has 0 radical (unpaired) electrons. The Morgan fingerprint density at radius 2 is 1.89 bits per heavy atom. The van der Waals surface area contributed by atoms with E-state index in [-0.39, 0.29) is 0 Å². The predicted molar refractivity (Wildman–Crippen MR) is 83.4 cm³/mol. The summed E-state index contributed by atoms with van der Waals surface area (Å²) in [7, 11) is 2.08. The Morgan fingerprint density at radius 3 is 2.50 bits per heavy atom. The molecule has 1 rings (SSSR count). The summed E-state index contributed by atoms with van der Waals surface area (Å²) in [5.41, 5.74) is 1.39. The minimum Gasteiger partial charge on any atom is -0.316 e. The number of hydrogen-bond acceptors (Lipinski definition) is 2. The van der Waals surface area contributed by atoms with E-state index in [1.165, 1.54) is 35.5 Å². The Kier molecular flexibility index (Phi) is 7.45. The Hall–Kier alpha value is -0.470. The third-order valence-corrected chi connectivity index (χ3v) is 4.61. The third kappa shape index (κ3) is 5.92. The van der Waals surface area contributed by atoms with Crippen LogP contribution in [0.2, 0.25) is 0 Å². The largest absolute Gasteiger partial charge is 0.316 e. The van der Waals surface area contributed by atoms with Crippen molar-refractivity contribution < 1.29 is 0 Å². The van der Waals surface area contributed by atoms with Gasteiger partial charge in [0.15, 0.2) is 0 Å². The number of benzene rings is 1. The van der Waals surface area contributed by atoms with Crippen molar-refractivity contribution in [2.75, 3.05) is 12.8 Å². The third-order valence-electron chi connectivity index (χ3n) is 3.28. The molecule has 1 aromatic rings. The summed E-state index contributed by atoms with van der Waals surface area (Å²) < 4.78 is 0. The first-order chi connectivity index (χ1) is 8.63. The van der Waals surface area contributed by atoms with Crippen molar-refractivity contribution >= 4 is 11.8 Å². The van der Waals surface area contributed by atoms with Gasteiger partial charge in [0.25, 0.3) is 0 Å². The highest BCUT2D eigenvalue weighted by Crippen LogP contribution is 2.23. The van der Waals surface area contributed by atoms with E-state index in [0.717, 1.165) is 5.92 Å². The molecule has 0 bridgehead atoms. The highest BCUT2D eigenvalue weighted by molar-refractivity contribution is 7.99. The molecule has 1 unspecified atom stereocenters. The van der Waals surface area contributed by atoms with Crippen LogP contribution in [0.1, 0.15) is 38.7 Å². The summed E-state index contributed by atoms with van der Waals surface area (Å²) in [6, 6.07) is 9.28. The van der Waals surface area contributed by atoms with Crippen molar-refractivity contribution in [2.24, 2.45) is 5.92 Å². The second-order valence-electron chi connectivity index (χ2n) is 5.39. The number of rotatable bonds is 8. The fourth-order valence-electron chi connectivity index (χ4n) is 1.99. The Labute approximate surface area is 117 Å². The van der Waals surface area contributed by atoms with Gasteiger partial charge in [-0.2, -0.15) is 0 Å². The molecule has 0 amide bonds. The van der Waals surface area contributed by atoms with E-state index in [4.69, 9.17) is 0 Å². The zero-order valence-corrected chi connectivity index (χ0v) is 13.0. The molecule has 2 heteroatoms. The van der Waals surface area contributed by atoms with E-state index in [0.29, 0.717) is 6.04 Å². The van der Waals surface area contributed by atoms with Crippen LogP contribution in [0.3, 0.4) is 0 Å². The van der Waals surface area contributed by atoms with Crippen LogP contribution in [-0.4, -0.2) is 18.8 Å². The maximum Gasteiger partial charge on any atom is 0.0158 e. The van der Waals surface area contributed by atoms with E-state index in [1.807, 2.05) is 11.8 Å². The lowest BCUT2D eigenvalue weighted by Gasteiger charge is -2.17. The van der Waals surface area contributed by atoms with Gasteiger partial charge < -0.3 is 5.32 Å². The standard InChI is InChI=1S/C16H27NS/c1-13(2)8-7-10-15(17-4)12-18-16-11-6-5-9-14(16)3/h5-6,9,11,13,15,17H,7-8,10,12H2,1-4H3. The van der Waals surface area contributed by atoms with Gasteiger partial charge in [-0.1, -0.05) is 44.9 Å². The summed E-state index contributed by atoms with van der Waals surface area (Å²) >= 11 is 1.98. The normalized spacial score (nSPS) is 12.9. The van der Waals surface area contributed by atoms with Crippen LogP contribution >= 0.6 is 11.8 Å². The number of thioether (sulfide) groups is 1. The minimum absolute atomic E-state index is 0.633. The lowest BCUT2D eigenvalue weighted by atomic mass is 10.0. The van der Waals surface area contributed by atoms with Crippen LogP contribution in [0, 0.1) is 12.8 Å². The van der Waals surface area contributed by atoms with Crippen LogP contribution in [-0.2, 0) is 0 Å². The maximum atomic E-state index is 3.44. The van der Waals surface area contributed by atoms with Crippen molar-refractivity contribution in [3.05, 3.63) is 29.8 Å². The molecule has 0 heterocycles. The lowest BCUT2D eigenvalue weighted by Crippen LogP contribution is -2.27. The molecule has 1 N–H and O–H groups in total. The van der Waals surface area contributed by atoms with Crippen LogP contribution < -0.4 is 5.32 Å². The SMILES string of the molecule is CNC(CCCC(C)C)CSc1ccccc1C. The molecular formula is C16H27NS. The summed E-state index contributed by atoms with van der Waals surface area (Å²) in [5, 5.41) is 3.44. The van der Waals surface area contributed by atoms with Crippen molar-refractivity contribution in [1.82, 2.24) is 5.32 Å². The van der Waals surface area contributed by atoms with E-state index >= 15 is 0 Å². The van der Waals surface area contributed by atoms with Gasteiger partial charge in [-0.25, -0.2) is 0 Å². The lowest BCUT2D eigenvalue weighted by molar-refractivity contribution is 0.483. The van der Waals surface area contributed by atoms with Crippen molar-refractivity contribution in [1.29, 1.82) is 0 Å². The molecule has 0 saturated heterocycles. The van der Waals surface area contributed by atoms with Gasteiger partial charge in [0.05, 0.1) is 0 Å². The van der Waals surface area contributed by atoms with Gasteiger partial charge in [-0.15, -0.1) is 11.8 Å². The highest BCUT2D eigenvalue weighted by atomic mass is 32.2. The second kappa shape index (κ2) is 8.60. The van der Waals surface area contributed by atoms with Gasteiger partial charge in [-0.3, -0.25) is 0 Å². The van der Waals surface area contributed by atoms with Crippen molar-refractivity contribution in [2.45, 2.75) is 51.0 Å². The first kappa shape index (κ1) is 15.6. The average Bonchev–Trinajstić information content (AvgIpc) is 2.35. The van der Waals surface area contributed by atoms with Gasteiger partial charge in [-0.05, 0) is 37.9 Å². The molecular weight excluding hydrogens is 238 g/mol. The maximum absolute atomic E-state index is 3.44. The number of aryl methyl sites for hydroxylation is 1. The van der Waals surface area contributed by atoms with Crippen LogP contribution in [0.4, 0.5) is 0 Å². The number of nitrogens with one attached hydrogen (secondary N) is 1. The van der Waals surface area contributed by atoms with Crippen LogP contribution in [0.5, 0.6) is 0 Å². The summed E-state index contributed by atoms with van der Waals surface area (Å²) in [6.07, 6.45) is 3.96. The Morgan fingerprint density at radius 1 is 1.17 bits per heavy atom. The van der Waals surface area contributed by atoms with Crippen molar-refractivity contribution in [3.8, 4) is 0 Å². The molecule has 102 valence electrons. The molecule has 0 aliphatic rings. The fraction of sp³-hybridized carbons (Fsp3) is 0.625. The van der Waals surface area contributed by atoms with E-state index in [1.54, 1.807) is 0 Å². The Bertz CT molecular complexity index is 336. The first-order valence-electron chi connectivity index (χ1n) is 6.99. The summed E-state index contributed by atoms with van der Waals surface area (Å²) in [4.78, 5) is 1.42. The van der Waals surface area contributed by atoms with Gasteiger partial charge in [0.1, 0.15) is 0 Å². The van der Waals surface area contributed by atoms with Gasteiger partial charge >= 0.3 is 0 Å². The van der Waals surface area contributed by atoms with Crippen LogP contribution in [0.15, 0.2) is 29.2 Å². The molecule has 1 aromatic carbocycles. The predicted octanol–water partition coefficient (Wildman–Crippen LogP) is 4.50. The minimum atomic E-state index is 0.633. The molecule has 1 nitrogen and oxygen atoms in total. The molecule has 0 aromatic heterocycles. The van der Waals surface area contributed by atoms with Gasteiger partial charge in [0.2, 0.25) is 0 Å². The van der Waals surface area contributed by atoms with E-state index < -0.39 is 0 Å². The molecule has 0 aliphatic carbocycles. The zero-order valence-electron chi connectivity index (χ0n) is 12.2. The smallest absolute Gasteiger partial charge is 0.0158 e. The quantitative estimate of drug-likeness (QED) is 0.694. The molecule has 0 saturated carbocycles. The van der Waals surface area contributed by atoms with Gasteiger partial charge in [0, 0.05) is 16.7 Å². The van der Waals surface area contributed by atoms with E-state index in [9.17, 15) is 0 Å². The topological polar surface area (TPSA) is 12.0 Å². The number of hydrogen-bond donors (Lipinski definition) is 1. The monoisotopic (exact) mass is 265 g/mol. The molecule has 0 aliphatic heterocycles. The van der Waals surface area contributed by atoms with Crippen LogP contribution in [0.25, 0.3) is 0 Å². The zero-order chi connectivity index (χ0) is 13.4. The fourth-order valence-corrected chi connectivity index (χ4v) is 3.18.